The molecule has 0 N–H and O–H groups in total. The summed E-state index contributed by atoms with van der Waals surface area (Å²) in [6.45, 7) is 4.22. The number of halogens is 2. The molecule has 0 unspecified atom stereocenters. The van der Waals surface area contributed by atoms with Crippen LogP contribution in [0.3, 0.4) is 0 Å². The number of amides is 1. The van der Waals surface area contributed by atoms with Gasteiger partial charge >= 0.3 is 0 Å². The molecule has 0 aliphatic carbocycles. The number of nitrogens with zero attached hydrogens (tertiary/aromatic N) is 2. The van der Waals surface area contributed by atoms with Crippen LogP contribution in [0.4, 0.5) is 4.39 Å². The van der Waals surface area contributed by atoms with Crippen LogP contribution in [0.1, 0.15) is 29.8 Å². The summed E-state index contributed by atoms with van der Waals surface area (Å²) in [5, 5.41) is 0. The molecule has 0 atom stereocenters. The third kappa shape index (κ3) is 3.88. The SMILES string of the molecule is CC(C)N(Cc1cccnc1)C(=O)c1ccc(Br)cc1F. The van der Waals surface area contributed by atoms with Crippen LogP contribution in [0.5, 0.6) is 0 Å². The molecule has 0 radical (unpaired) electrons. The quantitative estimate of drug-likeness (QED) is 0.833. The maximum absolute atomic E-state index is 14.0. The van der Waals surface area contributed by atoms with E-state index in [1.165, 1.54) is 12.1 Å². The minimum absolute atomic E-state index is 0.0410. The third-order valence-corrected chi connectivity index (χ3v) is 3.61. The van der Waals surface area contributed by atoms with Crippen molar-refractivity contribution in [3.63, 3.8) is 0 Å². The van der Waals surface area contributed by atoms with E-state index in [2.05, 4.69) is 20.9 Å². The lowest BCUT2D eigenvalue weighted by atomic mass is 10.1. The summed E-state index contributed by atoms with van der Waals surface area (Å²) in [4.78, 5) is 18.2. The number of benzene rings is 1. The number of hydrogen-bond donors (Lipinski definition) is 0. The largest absolute Gasteiger partial charge is 0.332 e. The average Bonchev–Trinajstić information content (AvgIpc) is 2.45. The Morgan fingerprint density at radius 3 is 2.71 bits per heavy atom. The molecule has 0 aliphatic heterocycles. The molecule has 0 bridgehead atoms. The van der Waals surface area contributed by atoms with Crippen molar-refractivity contribution < 1.29 is 9.18 Å². The molecule has 0 saturated heterocycles. The number of carbonyl (C=O) groups excluding carboxylic acids is 1. The molecule has 1 aromatic carbocycles. The first-order valence-corrected chi connectivity index (χ1v) is 7.43. The molecule has 0 spiro atoms. The number of rotatable bonds is 4. The predicted octanol–water partition coefficient (Wildman–Crippen LogP) is 4.03. The van der Waals surface area contributed by atoms with E-state index in [-0.39, 0.29) is 17.5 Å². The topological polar surface area (TPSA) is 33.2 Å². The Morgan fingerprint density at radius 1 is 1.38 bits per heavy atom. The molecule has 1 amide bonds. The zero-order valence-electron chi connectivity index (χ0n) is 11.9. The second kappa shape index (κ2) is 6.80. The standard InChI is InChI=1S/C16H16BrFN2O/c1-11(2)20(10-12-4-3-7-19-9-12)16(21)14-6-5-13(17)8-15(14)18/h3-9,11H,10H2,1-2H3. The van der Waals surface area contributed by atoms with Gasteiger partial charge in [-0.15, -0.1) is 0 Å². The normalized spacial score (nSPS) is 10.7. The molecule has 0 aliphatic rings. The van der Waals surface area contributed by atoms with Crippen molar-refractivity contribution in [2.45, 2.75) is 26.4 Å². The summed E-state index contributed by atoms with van der Waals surface area (Å²) < 4.78 is 14.6. The lowest BCUT2D eigenvalue weighted by Crippen LogP contribution is -2.36. The molecule has 0 saturated carbocycles. The van der Waals surface area contributed by atoms with Crippen molar-refractivity contribution in [2.75, 3.05) is 0 Å². The van der Waals surface area contributed by atoms with Crippen LogP contribution in [0.15, 0.2) is 47.2 Å². The smallest absolute Gasteiger partial charge is 0.257 e. The van der Waals surface area contributed by atoms with Gasteiger partial charge in [-0.2, -0.15) is 0 Å². The van der Waals surface area contributed by atoms with E-state index < -0.39 is 5.82 Å². The molecule has 110 valence electrons. The Kier molecular flexibility index (Phi) is 5.07. The van der Waals surface area contributed by atoms with E-state index in [0.29, 0.717) is 11.0 Å². The zero-order valence-corrected chi connectivity index (χ0v) is 13.5. The molecular weight excluding hydrogens is 335 g/mol. The summed E-state index contributed by atoms with van der Waals surface area (Å²) in [5.41, 5.74) is 0.993. The van der Waals surface area contributed by atoms with Gasteiger partial charge in [-0.05, 0) is 43.7 Å². The van der Waals surface area contributed by atoms with Crippen LogP contribution in [-0.2, 0) is 6.54 Å². The van der Waals surface area contributed by atoms with Gasteiger partial charge in [-0.25, -0.2) is 4.39 Å². The fraction of sp³-hybridized carbons (Fsp3) is 0.250. The summed E-state index contributed by atoms with van der Waals surface area (Å²) >= 11 is 3.19. The highest BCUT2D eigenvalue weighted by Crippen LogP contribution is 2.19. The van der Waals surface area contributed by atoms with Crippen molar-refractivity contribution >= 4 is 21.8 Å². The maximum Gasteiger partial charge on any atom is 0.257 e. The zero-order chi connectivity index (χ0) is 15.4. The van der Waals surface area contributed by atoms with Crippen LogP contribution < -0.4 is 0 Å². The molecule has 1 aromatic heterocycles. The highest BCUT2D eigenvalue weighted by atomic mass is 79.9. The minimum atomic E-state index is -0.522. The second-order valence-electron chi connectivity index (χ2n) is 5.01. The Labute approximate surface area is 131 Å². The fourth-order valence-electron chi connectivity index (χ4n) is 1.99. The van der Waals surface area contributed by atoms with Crippen molar-refractivity contribution in [2.24, 2.45) is 0 Å². The van der Waals surface area contributed by atoms with Crippen molar-refractivity contribution in [3.8, 4) is 0 Å². The Morgan fingerprint density at radius 2 is 2.14 bits per heavy atom. The van der Waals surface area contributed by atoms with Crippen LogP contribution in [-0.4, -0.2) is 21.8 Å². The van der Waals surface area contributed by atoms with Crippen LogP contribution in [0.2, 0.25) is 0 Å². The Bertz CT molecular complexity index is 631. The Balaban J connectivity index is 2.27. The van der Waals surface area contributed by atoms with Gasteiger partial charge in [0.15, 0.2) is 0 Å². The molecule has 3 nitrogen and oxygen atoms in total. The number of carbonyl (C=O) groups is 1. The van der Waals surface area contributed by atoms with Gasteiger partial charge in [-0.3, -0.25) is 9.78 Å². The van der Waals surface area contributed by atoms with Gasteiger partial charge in [0.2, 0.25) is 0 Å². The Hall–Kier alpha value is -1.75. The number of aromatic nitrogens is 1. The number of hydrogen-bond acceptors (Lipinski definition) is 2. The minimum Gasteiger partial charge on any atom is -0.332 e. The molecule has 2 aromatic rings. The first-order chi connectivity index (χ1) is 9.99. The first kappa shape index (κ1) is 15.6. The van der Waals surface area contributed by atoms with Crippen molar-refractivity contribution in [1.29, 1.82) is 0 Å². The molecule has 2 rings (SSSR count). The van der Waals surface area contributed by atoms with Crippen LogP contribution in [0.25, 0.3) is 0 Å². The lowest BCUT2D eigenvalue weighted by molar-refractivity contribution is 0.0685. The van der Waals surface area contributed by atoms with Crippen LogP contribution in [0, 0.1) is 5.82 Å². The van der Waals surface area contributed by atoms with Crippen molar-refractivity contribution in [3.05, 3.63) is 64.1 Å². The highest BCUT2D eigenvalue weighted by molar-refractivity contribution is 9.10. The number of pyridine rings is 1. The fourth-order valence-corrected chi connectivity index (χ4v) is 2.33. The van der Waals surface area contributed by atoms with E-state index >= 15 is 0 Å². The predicted molar refractivity (Wildman–Crippen MR) is 83.3 cm³/mol. The van der Waals surface area contributed by atoms with Gasteiger partial charge in [0.1, 0.15) is 5.82 Å². The van der Waals surface area contributed by atoms with Gasteiger partial charge in [0.05, 0.1) is 5.56 Å². The monoisotopic (exact) mass is 350 g/mol. The van der Waals surface area contributed by atoms with E-state index in [1.807, 2.05) is 26.0 Å². The van der Waals surface area contributed by atoms with E-state index in [4.69, 9.17) is 0 Å². The maximum atomic E-state index is 14.0. The van der Waals surface area contributed by atoms with E-state index in [9.17, 15) is 9.18 Å². The molecule has 1 heterocycles. The molecule has 5 heteroatoms. The summed E-state index contributed by atoms with van der Waals surface area (Å²) in [6, 6.07) is 8.14. The average molecular weight is 351 g/mol. The molecular formula is C16H16BrFN2O. The summed E-state index contributed by atoms with van der Waals surface area (Å²) in [5.74, 6) is -0.843. The van der Waals surface area contributed by atoms with Crippen molar-refractivity contribution in [1.82, 2.24) is 9.88 Å². The van der Waals surface area contributed by atoms with Gasteiger partial charge < -0.3 is 4.90 Å². The molecule has 0 fully saturated rings. The van der Waals surface area contributed by atoms with Crippen LogP contribution >= 0.6 is 15.9 Å². The van der Waals surface area contributed by atoms with Gasteiger partial charge in [0.25, 0.3) is 5.91 Å². The molecule has 21 heavy (non-hydrogen) atoms. The van der Waals surface area contributed by atoms with Gasteiger partial charge in [0, 0.05) is 29.5 Å². The summed E-state index contributed by atoms with van der Waals surface area (Å²) in [7, 11) is 0. The summed E-state index contributed by atoms with van der Waals surface area (Å²) in [6.07, 6.45) is 3.39. The van der Waals surface area contributed by atoms with E-state index in [0.717, 1.165) is 5.56 Å². The highest BCUT2D eigenvalue weighted by Gasteiger charge is 2.22. The van der Waals surface area contributed by atoms with E-state index in [1.54, 1.807) is 23.4 Å². The lowest BCUT2D eigenvalue weighted by Gasteiger charge is -2.27. The van der Waals surface area contributed by atoms with Gasteiger partial charge in [-0.1, -0.05) is 22.0 Å². The first-order valence-electron chi connectivity index (χ1n) is 6.64. The third-order valence-electron chi connectivity index (χ3n) is 3.12. The second-order valence-corrected chi connectivity index (χ2v) is 5.93.